The molecule has 12 heteroatoms. The second-order valence-electron chi connectivity index (χ2n) is 6.34. The zero-order chi connectivity index (χ0) is 21.3. The molecule has 2 N–H and O–H groups in total. The van der Waals surface area contributed by atoms with E-state index >= 15 is 0 Å². The second-order valence-corrected chi connectivity index (χ2v) is 6.34. The lowest BCUT2D eigenvalue weighted by molar-refractivity contribution is -0.137. The summed E-state index contributed by atoms with van der Waals surface area (Å²) in [5.74, 6) is -0.591. The summed E-state index contributed by atoms with van der Waals surface area (Å²) in [4.78, 5) is 26.1. The van der Waals surface area contributed by atoms with Gasteiger partial charge >= 0.3 is 12.2 Å². The lowest BCUT2D eigenvalue weighted by Crippen LogP contribution is -2.53. The van der Waals surface area contributed by atoms with Gasteiger partial charge in [-0.15, -0.1) is 0 Å². The third-order valence-electron chi connectivity index (χ3n) is 4.33. The van der Waals surface area contributed by atoms with Gasteiger partial charge in [-0.1, -0.05) is 12.1 Å². The van der Waals surface area contributed by atoms with Crippen LogP contribution in [0.3, 0.4) is 0 Å². The number of urea groups is 1. The molecule has 0 spiro atoms. The van der Waals surface area contributed by atoms with Crippen LogP contribution in [0.15, 0.2) is 30.5 Å². The van der Waals surface area contributed by atoms with Crippen LogP contribution in [0.25, 0.3) is 0 Å². The molecule has 3 rings (SSSR count). The summed E-state index contributed by atoms with van der Waals surface area (Å²) < 4.78 is 65.6. The number of anilines is 1. The highest BCUT2D eigenvalue weighted by Gasteiger charge is 2.36. The van der Waals surface area contributed by atoms with Crippen molar-refractivity contribution in [3.63, 3.8) is 0 Å². The molecule has 0 bridgehead atoms. The highest BCUT2D eigenvalue weighted by molar-refractivity contribution is 5.95. The van der Waals surface area contributed by atoms with Gasteiger partial charge in [-0.3, -0.25) is 9.48 Å². The standard InChI is InChI=1S/C17H16F5N5O2/c1-26-8-11(12(25-26)14(18)19)24-16(29)27-7-6-23-15(28)13(27)9-2-4-10(5-3-9)17(20,21)22/h2-5,8,13-14H,6-7H2,1H3,(H,23,28)(H,24,29). The molecule has 1 fully saturated rings. The number of halogens is 5. The lowest BCUT2D eigenvalue weighted by atomic mass is 10.0. The van der Waals surface area contributed by atoms with E-state index in [1.165, 1.54) is 13.2 Å². The van der Waals surface area contributed by atoms with E-state index < -0.39 is 41.8 Å². The van der Waals surface area contributed by atoms with Crippen LogP contribution in [0, 0.1) is 0 Å². The van der Waals surface area contributed by atoms with E-state index in [2.05, 4.69) is 15.7 Å². The molecule has 1 aliphatic heterocycles. The number of carbonyl (C=O) groups excluding carboxylic acids is 2. The number of benzene rings is 1. The monoisotopic (exact) mass is 417 g/mol. The Labute approximate surface area is 161 Å². The molecule has 1 aromatic heterocycles. The summed E-state index contributed by atoms with van der Waals surface area (Å²) in [5, 5.41) is 8.42. The van der Waals surface area contributed by atoms with Crippen molar-refractivity contribution in [2.45, 2.75) is 18.6 Å². The average Bonchev–Trinajstić information content (AvgIpc) is 3.01. The molecule has 1 atom stereocenters. The smallest absolute Gasteiger partial charge is 0.352 e. The van der Waals surface area contributed by atoms with Crippen LogP contribution < -0.4 is 10.6 Å². The molecule has 3 amide bonds. The maximum atomic E-state index is 13.1. The SMILES string of the molecule is Cn1cc(NC(=O)N2CCNC(=O)C2c2ccc(C(F)(F)F)cc2)c(C(F)F)n1. The fraction of sp³-hybridized carbons (Fsp3) is 0.353. The first-order chi connectivity index (χ1) is 13.6. The fourth-order valence-electron chi connectivity index (χ4n) is 3.02. The summed E-state index contributed by atoms with van der Waals surface area (Å²) >= 11 is 0. The minimum absolute atomic E-state index is 0.0353. The van der Waals surface area contributed by atoms with E-state index in [4.69, 9.17) is 0 Å². The number of hydrogen-bond acceptors (Lipinski definition) is 3. The van der Waals surface area contributed by atoms with E-state index in [0.29, 0.717) is 0 Å². The number of amides is 3. The number of piperazine rings is 1. The van der Waals surface area contributed by atoms with Crippen LogP contribution in [0.1, 0.15) is 29.3 Å². The molecule has 29 heavy (non-hydrogen) atoms. The van der Waals surface area contributed by atoms with E-state index in [1.54, 1.807) is 0 Å². The van der Waals surface area contributed by atoms with Crippen molar-refractivity contribution in [1.29, 1.82) is 0 Å². The summed E-state index contributed by atoms with van der Waals surface area (Å²) in [6, 6.07) is 1.77. The Morgan fingerprint density at radius 2 is 1.93 bits per heavy atom. The van der Waals surface area contributed by atoms with Crippen LogP contribution in [-0.4, -0.2) is 39.7 Å². The molecule has 2 heterocycles. The highest BCUT2D eigenvalue weighted by Crippen LogP contribution is 2.32. The third kappa shape index (κ3) is 4.30. The summed E-state index contributed by atoms with van der Waals surface area (Å²) in [6.45, 7) is 0.145. The number of rotatable bonds is 3. The maximum Gasteiger partial charge on any atom is 0.416 e. The van der Waals surface area contributed by atoms with Crippen molar-refractivity contribution in [3.05, 3.63) is 47.3 Å². The third-order valence-corrected chi connectivity index (χ3v) is 4.33. The normalized spacial score (nSPS) is 17.4. The first-order valence-electron chi connectivity index (χ1n) is 8.42. The van der Waals surface area contributed by atoms with Gasteiger partial charge in [0.1, 0.15) is 6.04 Å². The van der Waals surface area contributed by atoms with Gasteiger partial charge in [-0.25, -0.2) is 13.6 Å². The van der Waals surface area contributed by atoms with E-state index in [9.17, 15) is 31.5 Å². The van der Waals surface area contributed by atoms with Crippen molar-refractivity contribution in [2.75, 3.05) is 18.4 Å². The van der Waals surface area contributed by atoms with Gasteiger partial charge < -0.3 is 15.5 Å². The Morgan fingerprint density at radius 3 is 2.52 bits per heavy atom. The molecule has 0 radical (unpaired) electrons. The van der Waals surface area contributed by atoms with Crippen molar-refractivity contribution >= 4 is 17.6 Å². The van der Waals surface area contributed by atoms with Crippen LogP contribution in [0.5, 0.6) is 0 Å². The van der Waals surface area contributed by atoms with Crippen LogP contribution in [-0.2, 0) is 18.0 Å². The molecule has 156 valence electrons. The van der Waals surface area contributed by atoms with Crippen molar-refractivity contribution in [2.24, 2.45) is 7.05 Å². The molecule has 1 saturated heterocycles. The Hall–Kier alpha value is -3.18. The van der Waals surface area contributed by atoms with Crippen LogP contribution in [0.4, 0.5) is 32.4 Å². The van der Waals surface area contributed by atoms with Gasteiger partial charge in [0.2, 0.25) is 5.91 Å². The van der Waals surface area contributed by atoms with Gasteiger partial charge in [-0.05, 0) is 17.7 Å². The number of carbonyl (C=O) groups is 2. The van der Waals surface area contributed by atoms with E-state index in [-0.39, 0.29) is 24.3 Å². The predicted octanol–water partition coefficient (Wildman–Crippen LogP) is 3.08. The molecular formula is C17H16F5N5O2. The lowest BCUT2D eigenvalue weighted by Gasteiger charge is -2.35. The Balaban J connectivity index is 1.87. The predicted molar refractivity (Wildman–Crippen MR) is 91.1 cm³/mol. The van der Waals surface area contributed by atoms with Gasteiger partial charge in [0.15, 0.2) is 5.69 Å². The molecule has 1 unspecified atom stereocenters. The largest absolute Gasteiger partial charge is 0.416 e. The Kier molecular flexibility index (Phi) is 5.44. The minimum Gasteiger partial charge on any atom is -0.352 e. The molecule has 0 saturated carbocycles. The number of alkyl halides is 5. The van der Waals surface area contributed by atoms with Crippen LogP contribution in [0.2, 0.25) is 0 Å². The van der Waals surface area contributed by atoms with Gasteiger partial charge in [0, 0.05) is 26.3 Å². The fourth-order valence-corrected chi connectivity index (χ4v) is 3.02. The average molecular weight is 417 g/mol. The van der Waals surface area contributed by atoms with Gasteiger partial charge in [0.05, 0.1) is 11.3 Å². The zero-order valence-electron chi connectivity index (χ0n) is 15.0. The molecular weight excluding hydrogens is 401 g/mol. The number of nitrogens with zero attached hydrogens (tertiary/aromatic N) is 3. The number of aromatic nitrogens is 2. The zero-order valence-corrected chi connectivity index (χ0v) is 15.0. The quantitative estimate of drug-likeness (QED) is 0.754. The van der Waals surface area contributed by atoms with Crippen molar-refractivity contribution < 1.29 is 31.5 Å². The summed E-state index contributed by atoms with van der Waals surface area (Å²) in [6.07, 6.45) is -6.28. The molecule has 1 aromatic carbocycles. The minimum atomic E-state index is -4.55. The van der Waals surface area contributed by atoms with Crippen molar-refractivity contribution in [3.8, 4) is 0 Å². The second kappa shape index (κ2) is 7.68. The number of hydrogen-bond donors (Lipinski definition) is 2. The molecule has 0 aliphatic carbocycles. The summed E-state index contributed by atoms with van der Waals surface area (Å²) in [7, 11) is 1.40. The summed E-state index contributed by atoms with van der Waals surface area (Å²) in [5.41, 5.74) is -1.59. The molecule has 7 nitrogen and oxygen atoms in total. The number of aryl methyl sites for hydroxylation is 1. The Bertz CT molecular complexity index is 910. The first-order valence-corrected chi connectivity index (χ1v) is 8.42. The number of nitrogens with one attached hydrogen (secondary N) is 2. The molecule has 1 aliphatic rings. The van der Waals surface area contributed by atoms with Crippen molar-refractivity contribution in [1.82, 2.24) is 20.0 Å². The Morgan fingerprint density at radius 1 is 1.28 bits per heavy atom. The maximum absolute atomic E-state index is 13.1. The van der Waals surface area contributed by atoms with E-state index in [1.807, 2.05) is 0 Å². The van der Waals surface area contributed by atoms with Gasteiger partial charge in [0.25, 0.3) is 6.43 Å². The van der Waals surface area contributed by atoms with E-state index in [0.717, 1.165) is 33.8 Å². The first kappa shape index (κ1) is 20.6. The van der Waals surface area contributed by atoms with Gasteiger partial charge in [-0.2, -0.15) is 18.3 Å². The van der Waals surface area contributed by atoms with Crippen LogP contribution >= 0.6 is 0 Å². The topological polar surface area (TPSA) is 79.3 Å². The molecule has 2 aromatic rings. The highest BCUT2D eigenvalue weighted by atomic mass is 19.4.